The first-order valence-corrected chi connectivity index (χ1v) is 8.82. The second-order valence-corrected chi connectivity index (χ2v) is 7.44. The number of carbonyl (C=O) groups excluding carboxylic acids is 2. The highest BCUT2D eigenvalue weighted by Crippen LogP contribution is 2.48. The van der Waals surface area contributed by atoms with E-state index in [1.165, 1.54) is 0 Å². The molecular formula is C22H24O4. The van der Waals surface area contributed by atoms with Gasteiger partial charge in [0.15, 0.2) is 0 Å². The van der Waals surface area contributed by atoms with Gasteiger partial charge in [-0.1, -0.05) is 44.2 Å². The average Bonchev–Trinajstić information content (AvgIpc) is 2.58. The largest absolute Gasteiger partial charge is 0.488 e. The summed E-state index contributed by atoms with van der Waals surface area (Å²) in [5.74, 6) is 1.08. The highest BCUT2D eigenvalue weighted by Gasteiger charge is 2.38. The summed E-state index contributed by atoms with van der Waals surface area (Å²) in [6.07, 6.45) is 1.41. The van der Waals surface area contributed by atoms with E-state index in [9.17, 15) is 9.59 Å². The van der Waals surface area contributed by atoms with E-state index in [2.05, 4.69) is 0 Å². The van der Waals surface area contributed by atoms with E-state index in [-0.39, 0.29) is 17.8 Å². The smallest absolute Gasteiger partial charge is 0.312 e. The second-order valence-electron chi connectivity index (χ2n) is 7.44. The zero-order chi connectivity index (χ0) is 18.9. The fraction of sp³-hybridized carbons (Fsp3) is 0.364. The quantitative estimate of drug-likeness (QED) is 0.459. The van der Waals surface area contributed by atoms with E-state index in [0.29, 0.717) is 18.8 Å². The number of hydrogen-bond acceptors (Lipinski definition) is 4. The Morgan fingerprint density at radius 2 is 1.85 bits per heavy atom. The van der Waals surface area contributed by atoms with E-state index in [4.69, 9.17) is 9.47 Å². The fourth-order valence-electron chi connectivity index (χ4n) is 3.80. The third kappa shape index (κ3) is 3.24. The number of rotatable bonds is 5. The first-order valence-electron chi connectivity index (χ1n) is 8.82. The molecule has 26 heavy (non-hydrogen) atoms. The monoisotopic (exact) mass is 352 g/mol. The van der Waals surface area contributed by atoms with Gasteiger partial charge in [-0.2, -0.15) is 0 Å². The molecular weight excluding hydrogens is 328 g/mol. The van der Waals surface area contributed by atoms with Gasteiger partial charge in [0, 0.05) is 23.0 Å². The molecule has 0 saturated heterocycles. The molecule has 0 aromatic heterocycles. The lowest BCUT2D eigenvalue weighted by molar-refractivity contribution is -0.137. The summed E-state index contributed by atoms with van der Waals surface area (Å²) in [6.45, 7) is 8.37. The Morgan fingerprint density at radius 3 is 2.50 bits per heavy atom. The molecule has 0 fully saturated rings. The Bertz CT molecular complexity index is 850. The van der Waals surface area contributed by atoms with Crippen molar-refractivity contribution in [2.45, 2.75) is 52.6 Å². The van der Waals surface area contributed by atoms with Gasteiger partial charge in [0.05, 0.1) is 6.42 Å². The number of carbonyl (C=O) groups is 2. The maximum absolute atomic E-state index is 12.0. The van der Waals surface area contributed by atoms with Crippen LogP contribution < -0.4 is 9.47 Å². The summed E-state index contributed by atoms with van der Waals surface area (Å²) in [4.78, 5) is 23.3. The van der Waals surface area contributed by atoms with Crippen LogP contribution in [0.3, 0.4) is 0 Å². The van der Waals surface area contributed by atoms with Crippen molar-refractivity contribution in [3.05, 3.63) is 58.1 Å². The van der Waals surface area contributed by atoms with Crippen LogP contribution in [-0.4, -0.2) is 12.3 Å². The molecule has 0 amide bonds. The van der Waals surface area contributed by atoms with Gasteiger partial charge in [0.25, 0.3) is 0 Å². The number of esters is 1. The summed E-state index contributed by atoms with van der Waals surface area (Å²) >= 11 is 0. The van der Waals surface area contributed by atoms with Gasteiger partial charge in [0.2, 0.25) is 0 Å². The predicted molar refractivity (Wildman–Crippen MR) is 99.7 cm³/mol. The SMILES string of the molecule is Cc1c(CC=O)c(OCc2ccccc2)c(C)c2c1OC(=O)CC2(C)C. The highest BCUT2D eigenvalue weighted by molar-refractivity contribution is 5.80. The maximum atomic E-state index is 12.0. The molecule has 136 valence electrons. The molecule has 2 aromatic rings. The first-order chi connectivity index (χ1) is 12.3. The molecule has 1 aliphatic rings. The van der Waals surface area contributed by atoms with Crippen molar-refractivity contribution in [3.8, 4) is 11.5 Å². The van der Waals surface area contributed by atoms with Gasteiger partial charge in [-0.25, -0.2) is 0 Å². The van der Waals surface area contributed by atoms with Crippen molar-refractivity contribution in [1.29, 1.82) is 0 Å². The molecule has 4 nitrogen and oxygen atoms in total. The summed E-state index contributed by atoms with van der Waals surface area (Å²) in [5.41, 5.74) is 4.25. The van der Waals surface area contributed by atoms with Crippen LogP contribution in [0.2, 0.25) is 0 Å². The lowest BCUT2D eigenvalue weighted by atomic mass is 9.75. The molecule has 0 saturated carbocycles. The molecule has 0 N–H and O–H groups in total. The average molecular weight is 352 g/mol. The fourth-order valence-corrected chi connectivity index (χ4v) is 3.80. The standard InChI is InChI=1S/C22H24O4/c1-14-17(10-11-23)20(25-13-16-8-6-5-7-9-16)15(2)19-21(14)26-18(24)12-22(19,3)4/h5-9,11H,10,12-13H2,1-4H3. The van der Waals surface area contributed by atoms with Gasteiger partial charge >= 0.3 is 5.97 Å². The first kappa shape index (κ1) is 18.2. The third-order valence-corrected chi connectivity index (χ3v) is 5.00. The highest BCUT2D eigenvalue weighted by atomic mass is 16.5. The molecule has 2 aromatic carbocycles. The summed E-state index contributed by atoms with van der Waals surface area (Å²) in [5, 5.41) is 0. The number of aldehydes is 1. The van der Waals surface area contributed by atoms with E-state index < -0.39 is 0 Å². The van der Waals surface area contributed by atoms with E-state index in [1.807, 2.05) is 58.0 Å². The van der Waals surface area contributed by atoms with E-state index >= 15 is 0 Å². The predicted octanol–water partition coefficient (Wildman–Crippen LogP) is 4.21. The summed E-state index contributed by atoms with van der Waals surface area (Å²) in [6, 6.07) is 9.92. The minimum Gasteiger partial charge on any atom is -0.488 e. The van der Waals surface area contributed by atoms with Crippen LogP contribution in [0.1, 0.15) is 48.1 Å². The van der Waals surface area contributed by atoms with Crippen LogP contribution in [0.15, 0.2) is 30.3 Å². The summed E-state index contributed by atoms with van der Waals surface area (Å²) < 4.78 is 11.7. The molecule has 3 rings (SSSR count). The molecule has 0 spiro atoms. The topological polar surface area (TPSA) is 52.6 Å². The molecule has 0 aliphatic carbocycles. The van der Waals surface area contributed by atoms with Crippen LogP contribution in [0.5, 0.6) is 11.5 Å². The van der Waals surface area contributed by atoms with Gasteiger partial charge in [-0.05, 0) is 30.5 Å². The normalized spacial score (nSPS) is 15.2. The van der Waals surface area contributed by atoms with Crippen LogP contribution in [-0.2, 0) is 28.0 Å². The molecule has 0 radical (unpaired) electrons. The van der Waals surface area contributed by atoms with Crippen molar-refractivity contribution in [2.24, 2.45) is 0 Å². The zero-order valence-corrected chi connectivity index (χ0v) is 15.7. The Morgan fingerprint density at radius 1 is 1.15 bits per heavy atom. The van der Waals surface area contributed by atoms with Crippen molar-refractivity contribution < 1.29 is 19.1 Å². The minimum atomic E-state index is -0.343. The van der Waals surface area contributed by atoms with Crippen molar-refractivity contribution in [3.63, 3.8) is 0 Å². The second kappa shape index (κ2) is 6.94. The molecule has 1 aliphatic heterocycles. The molecule has 1 heterocycles. The van der Waals surface area contributed by atoms with Gasteiger partial charge in [0.1, 0.15) is 24.4 Å². The number of fused-ring (bicyclic) bond motifs is 1. The molecule has 4 heteroatoms. The Kier molecular flexibility index (Phi) is 4.86. The van der Waals surface area contributed by atoms with Crippen molar-refractivity contribution in [2.75, 3.05) is 0 Å². The van der Waals surface area contributed by atoms with Crippen molar-refractivity contribution in [1.82, 2.24) is 0 Å². The number of ether oxygens (including phenoxy) is 2. The number of hydrogen-bond donors (Lipinski definition) is 0. The van der Waals surface area contributed by atoms with Crippen LogP contribution >= 0.6 is 0 Å². The zero-order valence-electron chi connectivity index (χ0n) is 15.7. The maximum Gasteiger partial charge on any atom is 0.312 e. The lowest BCUT2D eigenvalue weighted by Crippen LogP contribution is -2.32. The Balaban J connectivity index is 2.12. The lowest BCUT2D eigenvalue weighted by Gasteiger charge is -2.35. The minimum absolute atomic E-state index is 0.224. The van der Waals surface area contributed by atoms with Crippen LogP contribution in [0.25, 0.3) is 0 Å². The van der Waals surface area contributed by atoms with Gasteiger partial charge < -0.3 is 14.3 Å². The Hall–Kier alpha value is -2.62. The van der Waals surface area contributed by atoms with Gasteiger partial charge in [-0.15, -0.1) is 0 Å². The van der Waals surface area contributed by atoms with E-state index in [0.717, 1.165) is 39.9 Å². The molecule has 0 atom stereocenters. The molecule has 0 unspecified atom stereocenters. The van der Waals surface area contributed by atoms with Gasteiger partial charge in [-0.3, -0.25) is 4.79 Å². The van der Waals surface area contributed by atoms with E-state index in [1.54, 1.807) is 0 Å². The van der Waals surface area contributed by atoms with Crippen molar-refractivity contribution >= 4 is 12.3 Å². The Labute approximate surface area is 154 Å². The third-order valence-electron chi connectivity index (χ3n) is 5.00. The van der Waals surface area contributed by atoms with Crippen LogP contribution in [0, 0.1) is 13.8 Å². The summed E-state index contributed by atoms with van der Waals surface area (Å²) in [7, 11) is 0. The van der Waals surface area contributed by atoms with Crippen LogP contribution in [0.4, 0.5) is 0 Å². The molecule has 0 bridgehead atoms. The number of benzene rings is 2.